The fourth-order valence-corrected chi connectivity index (χ4v) is 0.864. The first kappa shape index (κ1) is 10.1. The molecule has 0 aromatic carbocycles. The van der Waals surface area contributed by atoms with Crippen LogP contribution in [0, 0.1) is 0 Å². The first-order valence-electron chi connectivity index (χ1n) is 3.89. The maximum absolute atomic E-state index is 11.0. The summed E-state index contributed by atoms with van der Waals surface area (Å²) >= 11 is 0. The molecule has 1 aromatic heterocycles. The number of carbonyl (C=O) groups excluding carboxylic acids is 2. The van der Waals surface area contributed by atoms with E-state index in [2.05, 4.69) is 15.3 Å². The lowest BCUT2D eigenvalue weighted by molar-refractivity contribution is -0.114. The Morgan fingerprint density at radius 2 is 2.07 bits per heavy atom. The van der Waals surface area contributed by atoms with Crippen LogP contribution in [0.2, 0.25) is 0 Å². The number of rotatable bonds is 2. The number of hydrogen-bond donors (Lipinski definition) is 2. The molecule has 0 fully saturated rings. The molecular formula is C8H9N3O3. The van der Waals surface area contributed by atoms with Gasteiger partial charge in [-0.15, -0.1) is 0 Å². The molecule has 1 rings (SSSR count). The van der Waals surface area contributed by atoms with E-state index >= 15 is 0 Å². The van der Waals surface area contributed by atoms with Crippen LogP contribution in [0.4, 0.5) is 5.95 Å². The van der Waals surface area contributed by atoms with Crippen molar-refractivity contribution in [2.75, 3.05) is 5.32 Å². The summed E-state index contributed by atoms with van der Waals surface area (Å²) in [5, 5.41) is 2.28. The molecule has 6 nitrogen and oxygen atoms in total. The molecule has 1 amide bonds. The Labute approximate surface area is 79.4 Å². The van der Waals surface area contributed by atoms with Gasteiger partial charge in [-0.2, -0.15) is 0 Å². The molecule has 0 spiro atoms. The van der Waals surface area contributed by atoms with E-state index in [0.717, 1.165) is 6.07 Å². The van der Waals surface area contributed by atoms with Gasteiger partial charge in [0.1, 0.15) is 5.69 Å². The number of nitrogens with one attached hydrogen (secondary N) is 2. The van der Waals surface area contributed by atoms with E-state index in [1.807, 2.05) is 0 Å². The zero-order valence-electron chi connectivity index (χ0n) is 7.75. The van der Waals surface area contributed by atoms with Crippen LogP contribution in [0.3, 0.4) is 0 Å². The molecule has 0 saturated heterocycles. The summed E-state index contributed by atoms with van der Waals surface area (Å²) in [6.45, 7) is 2.57. The smallest absolute Gasteiger partial charge is 0.252 e. The lowest BCUT2D eigenvalue weighted by Crippen LogP contribution is -2.17. The van der Waals surface area contributed by atoms with Crippen LogP contribution in [-0.2, 0) is 4.79 Å². The van der Waals surface area contributed by atoms with Gasteiger partial charge in [0.25, 0.3) is 5.56 Å². The van der Waals surface area contributed by atoms with Crippen LogP contribution in [0.15, 0.2) is 10.9 Å². The normalized spacial score (nSPS) is 9.57. The summed E-state index contributed by atoms with van der Waals surface area (Å²) in [4.78, 5) is 38.6. The Kier molecular flexibility index (Phi) is 2.76. The molecule has 0 aliphatic heterocycles. The van der Waals surface area contributed by atoms with Crippen molar-refractivity contribution < 1.29 is 9.59 Å². The van der Waals surface area contributed by atoms with Gasteiger partial charge in [-0.05, 0) is 0 Å². The van der Waals surface area contributed by atoms with Crippen molar-refractivity contribution in [1.82, 2.24) is 9.97 Å². The predicted molar refractivity (Wildman–Crippen MR) is 49.2 cm³/mol. The molecule has 0 saturated carbocycles. The maximum atomic E-state index is 11.0. The third kappa shape index (κ3) is 2.51. The standard InChI is InChI=1S/C8H9N3O3/c1-4(12)6-3-7(14)11-8(10-6)9-5(2)13/h3H,1-2H3,(H2,9,10,11,13,14). The second kappa shape index (κ2) is 3.82. The minimum absolute atomic E-state index is 0.0183. The van der Waals surface area contributed by atoms with Crippen molar-refractivity contribution in [3.63, 3.8) is 0 Å². The van der Waals surface area contributed by atoms with Gasteiger partial charge in [-0.3, -0.25) is 24.7 Å². The van der Waals surface area contributed by atoms with E-state index in [0.29, 0.717) is 0 Å². The molecule has 0 radical (unpaired) electrons. The highest BCUT2D eigenvalue weighted by molar-refractivity contribution is 5.93. The number of H-pyrrole nitrogens is 1. The Morgan fingerprint density at radius 3 is 2.57 bits per heavy atom. The molecular weight excluding hydrogens is 186 g/mol. The molecule has 74 valence electrons. The van der Waals surface area contributed by atoms with E-state index in [4.69, 9.17) is 0 Å². The first-order chi connectivity index (χ1) is 6.49. The molecule has 14 heavy (non-hydrogen) atoms. The third-order valence-corrected chi connectivity index (χ3v) is 1.40. The second-order valence-corrected chi connectivity index (χ2v) is 2.72. The van der Waals surface area contributed by atoms with Crippen molar-refractivity contribution >= 4 is 17.6 Å². The fraction of sp³-hybridized carbons (Fsp3) is 0.250. The maximum Gasteiger partial charge on any atom is 0.252 e. The highest BCUT2D eigenvalue weighted by atomic mass is 16.2. The number of Topliss-reactive ketones (excluding diaryl/α,β-unsaturated/α-hetero) is 1. The van der Waals surface area contributed by atoms with Gasteiger partial charge in [0.2, 0.25) is 11.9 Å². The van der Waals surface area contributed by atoms with E-state index in [-0.39, 0.29) is 23.3 Å². The van der Waals surface area contributed by atoms with Crippen molar-refractivity contribution in [3.8, 4) is 0 Å². The zero-order valence-corrected chi connectivity index (χ0v) is 7.75. The van der Waals surface area contributed by atoms with Crippen LogP contribution in [0.1, 0.15) is 24.3 Å². The van der Waals surface area contributed by atoms with Gasteiger partial charge in [0.15, 0.2) is 5.78 Å². The molecule has 2 N–H and O–H groups in total. The van der Waals surface area contributed by atoms with Gasteiger partial charge in [0, 0.05) is 19.9 Å². The number of aromatic amines is 1. The minimum Gasteiger partial charge on any atom is -0.296 e. The highest BCUT2D eigenvalue weighted by Gasteiger charge is 2.05. The average Bonchev–Trinajstić information content (AvgIpc) is 2.01. The van der Waals surface area contributed by atoms with Crippen molar-refractivity contribution in [3.05, 3.63) is 22.1 Å². The summed E-state index contributed by atoms with van der Waals surface area (Å²) in [5.41, 5.74) is -0.452. The highest BCUT2D eigenvalue weighted by Crippen LogP contribution is 1.97. The molecule has 0 unspecified atom stereocenters. The van der Waals surface area contributed by atoms with Crippen molar-refractivity contribution in [2.45, 2.75) is 13.8 Å². The van der Waals surface area contributed by atoms with Crippen molar-refractivity contribution in [1.29, 1.82) is 0 Å². The third-order valence-electron chi connectivity index (χ3n) is 1.40. The summed E-state index contributed by atoms with van der Waals surface area (Å²) in [7, 11) is 0. The predicted octanol–water partition coefficient (Wildman–Crippen LogP) is -0.0691. The summed E-state index contributed by atoms with van der Waals surface area (Å²) < 4.78 is 0. The Bertz CT molecular complexity index is 436. The fourth-order valence-electron chi connectivity index (χ4n) is 0.864. The molecule has 0 bridgehead atoms. The molecule has 0 aliphatic carbocycles. The largest absolute Gasteiger partial charge is 0.296 e. The van der Waals surface area contributed by atoms with Gasteiger partial charge < -0.3 is 0 Å². The van der Waals surface area contributed by atoms with Crippen LogP contribution in [0.25, 0.3) is 0 Å². The van der Waals surface area contributed by atoms with E-state index < -0.39 is 5.56 Å². The van der Waals surface area contributed by atoms with Crippen LogP contribution in [-0.4, -0.2) is 21.7 Å². The molecule has 0 aliphatic rings. The van der Waals surface area contributed by atoms with Gasteiger partial charge in [-0.25, -0.2) is 4.98 Å². The summed E-state index contributed by atoms with van der Waals surface area (Å²) in [6, 6.07) is 1.08. The lowest BCUT2D eigenvalue weighted by atomic mass is 10.3. The van der Waals surface area contributed by atoms with Crippen LogP contribution in [0.5, 0.6) is 0 Å². The second-order valence-electron chi connectivity index (χ2n) is 2.72. The lowest BCUT2D eigenvalue weighted by Gasteiger charge is -2.01. The van der Waals surface area contributed by atoms with Gasteiger partial charge >= 0.3 is 0 Å². The summed E-state index contributed by atoms with van der Waals surface area (Å²) in [5.74, 6) is -0.716. The SMILES string of the molecule is CC(=O)Nc1nc(C(C)=O)cc(=O)[nH]1. The number of amides is 1. The monoisotopic (exact) mass is 195 g/mol. The minimum atomic E-state index is -0.478. The molecule has 6 heteroatoms. The van der Waals surface area contributed by atoms with Gasteiger partial charge in [0.05, 0.1) is 0 Å². The number of anilines is 1. The Hall–Kier alpha value is -1.98. The quantitative estimate of drug-likeness (QED) is 0.646. The van der Waals surface area contributed by atoms with Crippen LogP contribution >= 0.6 is 0 Å². The number of carbonyl (C=O) groups is 2. The number of hydrogen-bond acceptors (Lipinski definition) is 4. The van der Waals surface area contributed by atoms with E-state index in [1.165, 1.54) is 13.8 Å². The average molecular weight is 195 g/mol. The van der Waals surface area contributed by atoms with Gasteiger partial charge in [-0.1, -0.05) is 0 Å². The topological polar surface area (TPSA) is 91.9 Å². The summed E-state index contributed by atoms with van der Waals surface area (Å²) in [6.07, 6.45) is 0. The Balaban J connectivity index is 3.13. The number of aromatic nitrogens is 2. The van der Waals surface area contributed by atoms with E-state index in [9.17, 15) is 14.4 Å². The number of ketones is 1. The molecule has 1 aromatic rings. The zero-order chi connectivity index (χ0) is 10.7. The Morgan fingerprint density at radius 1 is 1.43 bits per heavy atom. The van der Waals surface area contributed by atoms with Crippen molar-refractivity contribution in [2.24, 2.45) is 0 Å². The molecule has 1 heterocycles. The number of nitrogens with zero attached hydrogens (tertiary/aromatic N) is 1. The van der Waals surface area contributed by atoms with Crippen LogP contribution < -0.4 is 10.9 Å². The molecule has 0 atom stereocenters. The first-order valence-corrected chi connectivity index (χ1v) is 3.89. The van der Waals surface area contributed by atoms with E-state index in [1.54, 1.807) is 0 Å².